The van der Waals surface area contributed by atoms with E-state index in [4.69, 9.17) is 10.9 Å². The number of oxime groups is 1. The molecule has 5 nitrogen and oxygen atoms in total. The van der Waals surface area contributed by atoms with Crippen LogP contribution in [0.1, 0.15) is 26.0 Å². The first-order valence-corrected chi connectivity index (χ1v) is 5.70. The largest absolute Gasteiger partial charge is 0.409 e. The molecule has 17 heavy (non-hydrogen) atoms. The predicted octanol–water partition coefficient (Wildman–Crippen LogP) is 1.74. The molecule has 0 amide bonds. The molecule has 0 atom stereocenters. The summed E-state index contributed by atoms with van der Waals surface area (Å²) >= 11 is 0. The lowest BCUT2D eigenvalue weighted by Crippen LogP contribution is -2.34. The zero-order valence-electron chi connectivity index (χ0n) is 10.6. The summed E-state index contributed by atoms with van der Waals surface area (Å²) in [4.78, 5) is 6.38. The van der Waals surface area contributed by atoms with Crippen molar-refractivity contribution in [3.8, 4) is 0 Å². The monoisotopic (exact) mass is 236 g/mol. The quantitative estimate of drug-likeness (QED) is 0.353. The summed E-state index contributed by atoms with van der Waals surface area (Å²) in [5.41, 5.74) is 7.58. The Kier molecular flexibility index (Phi) is 4.75. The SMILES string of the molecule is Cc1cc(N(CC/C(N)=N/O)C(C)C)ccn1. The average molecular weight is 236 g/mol. The molecule has 0 fully saturated rings. The highest BCUT2D eigenvalue weighted by Crippen LogP contribution is 2.17. The maximum absolute atomic E-state index is 8.54. The first-order chi connectivity index (χ1) is 8.04. The van der Waals surface area contributed by atoms with Gasteiger partial charge in [-0.05, 0) is 32.9 Å². The Hall–Kier alpha value is -1.78. The molecular formula is C12H20N4O. The van der Waals surface area contributed by atoms with E-state index in [9.17, 15) is 0 Å². The maximum atomic E-state index is 8.54. The summed E-state index contributed by atoms with van der Waals surface area (Å²) < 4.78 is 0. The Labute approximate surface area is 102 Å². The van der Waals surface area contributed by atoms with E-state index in [1.54, 1.807) is 6.20 Å². The number of nitrogens with zero attached hydrogens (tertiary/aromatic N) is 3. The molecular weight excluding hydrogens is 216 g/mol. The van der Waals surface area contributed by atoms with Crippen LogP contribution >= 0.6 is 0 Å². The van der Waals surface area contributed by atoms with Crippen molar-refractivity contribution in [3.05, 3.63) is 24.0 Å². The molecule has 1 rings (SSSR count). The molecule has 0 aliphatic rings. The summed E-state index contributed by atoms with van der Waals surface area (Å²) in [6.45, 7) is 6.91. The van der Waals surface area contributed by atoms with Gasteiger partial charge in [-0.3, -0.25) is 4.98 Å². The van der Waals surface area contributed by atoms with Crippen LogP contribution in [-0.2, 0) is 0 Å². The Balaban J connectivity index is 2.79. The fourth-order valence-electron chi connectivity index (χ4n) is 1.68. The molecule has 0 aliphatic carbocycles. The van der Waals surface area contributed by atoms with Gasteiger partial charge in [-0.1, -0.05) is 5.16 Å². The lowest BCUT2D eigenvalue weighted by Gasteiger charge is -2.29. The molecule has 1 aromatic heterocycles. The van der Waals surface area contributed by atoms with Crippen molar-refractivity contribution in [2.45, 2.75) is 33.2 Å². The maximum Gasteiger partial charge on any atom is 0.140 e. The second kappa shape index (κ2) is 6.08. The number of aryl methyl sites for hydroxylation is 1. The van der Waals surface area contributed by atoms with Crippen LogP contribution in [0.5, 0.6) is 0 Å². The number of hydrogen-bond acceptors (Lipinski definition) is 4. The van der Waals surface area contributed by atoms with Gasteiger partial charge in [0.05, 0.1) is 0 Å². The highest BCUT2D eigenvalue weighted by molar-refractivity contribution is 5.80. The third kappa shape index (κ3) is 3.94. The number of hydrogen-bond donors (Lipinski definition) is 2. The molecule has 1 aromatic rings. The Morgan fingerprint density at radius 1 is 1.59 bits per heavy atom. The second-order valence-corrected chi connectivity index (χ2v) is 4.28. The molecule has 0 aliphatic heterocycles. The normalized spacial score (nSPS) is 11.9. The van der Waals surface area contributed by atoms with Crippen LogP contribution in [0.3, 0.4) is 0 Å². The predicted molar refractivity (Wildman–Crippen MR) is 69.5 cm³/mol. The van der Waals surface area contributed by atoms with Crippen molar-refractivity contribution in [1.29, 1.82) is 0 Å². The number of aromatic nitrogens is 1. The number of rotatable bonds is 5. The molecule has 0 aromatic carbocycles. The van der Waals surface area contributed by atoms with Crippen LogP contribution in [0.15, 0.2) is 23.5 Å². The summed E-state index contributed by atoms with van der Waals surface area (Å²) in [7, 11) is 0. The summed E-state index contributed by atoms with van der Waals surface area (Å²) in [5, 5.41) is 11.5. The molecule has 0 radical (unpaired) electrons. The van der Waals surface area contributed by atoms with Gasteiger partial charge in [0.25, 0.3) is 0 Å². The van der Waals surface area contributed by atoms with Gasteiger partial charge in [0.2, 0.25) is 0 Å². The number of anilines is 1. The number of nitrogens with two attached hydrogens (primary N) is 1. The van der Waals surface area contributed by atoms with E-state index in [-0.39, 0.29) is 5.84 Å². The van der Waals surface area contributed by atoms with Gasteiger partial charge >= 0.3 is 0 Å². The minimum atomic E-state index is 0.251. The minimum absolute atomic E-state index is 0.251. The average Bonchev–Trinajstić information content (AvgIpc) is 2.28. The van der Waals surface area contributed by atoms with Crippen LogP contribution in [0.25, 0.3) is 0 Å². The van der Waals surface area contributed by atoms with Gasteiger partial charge in [0.1, 0.15) is 5.84 Å². The minimum Gasteiger partial charge on any atom is -0.409 e. The van der Waals surface area contributed by atoms with Crippen LogP contribution in [0.4, 0.5) is 5.69 Å². The summed E-state index contributed by atoms with van der Waals surface area (Å²) in [5.74, 6) is 0.251. The van der Waals surface area contributed by atoms with Crippen molar-refractivity contribution >= 4 is 11.5 Å². The Morgan fingerprint density at radius 3 is 2.82 bits per heavy atom. The van der Waals surface area contributed by atoms with E-state index >= 15 is 0 Å². The van der Waals surface area contributed by atoms with E-state index < -0.39 is 0 Å². The fraction of sp³-hybridized carbons (Fsp3) is 0.500. The van der Waals surface area contributed by atoms with E-state index in [0.29, 0.717) is 12.5 Å². The summed E-state index contributed by atoms with van der Waals surface area (Å²) in [6.07, 6.45) is 2.33. The molecule has 0 saturated carbocycles. The third-order valence-electron chi connectivity index (χ3n) is 2.57. The standard InChI is InChI=1S/C12H20N4O/c1-9(2)16(7-5-12(13)15-17)11-4-6-14-10(3)8-11/h4,6,8-9,17H,5,7H2,1-3H3,(H2,13,15). The van der Waals surface area contributed by atoms with Crippen molar-refractivity contribution in [3.63, 3.8) is 0 Å². The van der Waals surface area contributed by atoms with Gasteiger partial charge in [0, 0.05) is 36.6 Å². The third-order valence-corrected chi connectivity index (χ3v) is 2.57. The number of pyridine rings is 1. The van der Waals surface area contributed by atoms with Crippen molar-refractivity contribution in [1.82, 2.24) is 4.98 Å². The fourth-order valence-corrected chi connectivity index (χ4v) is 1.68. The van der Waals surface area contributed by atoms with Crippen LogP contribution < -0.4 is 10.6 Å². The Morgan fingerprint density at radius 2 is 2.29 bits per heavy atom. The van der Waals surface area contributed by atoms with Gasteiger partial charge < -0.3 is 15.8 Å². The van der Waals surface area contributed by atoms with Crippen LogP contribution in [-0.4, -0.2) is 28.6 Å². The lowest BCUT2D eigenvalue weighted by atomic mass is 10.2. The molecule has 94 valence electrons. The van der Waals surface area contributed by atoms with Crippen LogP contribution in [0, 0.1) is 6.92 Å². The van der Waals surface area contributed by atoms with Crippen molar-refractivity contribution in [2.75, 3.05) is 11.4 Å². The van der Waals surface area contributed by atoms with Gasteiger partial charge in [0.15, 0.2) is 0 Å². The molecule has 3 N–H and O–H groups in total. The van der Waals surface area contributed by atoms with E-state index in [1.165, 1.54) is 0 Å². The van der Waals surface area contributed by atoms with E-state index in [1.807, 2.05) is 19.1 Å². The smallest absolute Gasteiger partial charge is 0.140 e. The highest BCUT2D eigenvalue weighted by Gasteiger charge is 2.11. The zero-order valence-corrected chi connectivity index (χ0v) is 10.6. The molecule has 0 spiro atoms. The Bertz CT molecular complexity index is 390. The molecule has 1 heterocycles. The lowest BCUT2D eigenvalue weighted by molar-refractivity contribution is 0.317. The van der Waals surface area contributed by atoms with E-state index in [0.717, 1.165) is 17.9 Å². The van der Waals surface area contributed by atoms with E-state index in [2.05, 4.69) is 28.9 Å². The van der Waals surface area contributed by atoms with Crippen molar-refractivity contribution < 1.29 is 5.21 Å². The molecule has 0 bridgehead atoms. The second-order valence-electron chi connectivity index (χ2n) is 4.28. The molecule has 5 heteroatoms. The molecule has 0 saturated heterocycles. The van der Waals surface area contributed by atoms with Gasteiger partial charge in [-0.25, -0.2) is 0 Å². The van der Waals surface area contributed by atoms with Crippen molar-refractivity contribution in [2.24, 2.45) is 10.9 Å². The first-order valence-electron chi connectivity index (χ1n) is 5.70. The summed E-state index contributed by atoms with van der Waals surface area (Å²) in [6, 6.07) is 4.36. The van der Waals surface area contributed by atoms with Gasteiger partial charge in [-0.2, -0.15) is 0 Å². The highest BCUT2D eigenvalue weighted by atomic mass is 16.4. The first kappa shape index (κ1) is 13.3. The van der Waals surface area contributed by atoms with Crippen LogP contribution in [0.2, 0.25) is 0 Å². The van der Waals surface area contributed by atoms with Gasteiger partial charge in [-0.15, -0.1) is 0 Å². The number of amidine groups is 1. The zero-order chi connectivity index (χ0) is 12.8. The molecule has 0 unspecified atom stereocenters. The topological polar surface area (TPSA) is 74.7 Å².